The van der Waals surface area contributed by atoms with Crippen molar-refractivity contribution in [3.8, 4) is 0 Å². The van der Waals surface area contributed by atoms with Gasteiger partial charge < -0.3 is 10.2 Å². The standard InChI is InChI=1S/C13H17F3N2OS/c1-18(2)12(19)7-8-17-9-10-3-5-11(6-4-10)20-13(14,15)16/h3-6,17H,7-9H2,1-2H3. The maximum atomic E-state index is 12.1. The molecule has 0 radical (unpaired) electrons. The van der Waals surface area contributed by atoms with E-state index >= 15 is 0 Å². The first-order valence-corrected chi connectivity index (χ1v) is 6.85. The summed E-state index contributed by atoms with van der Waals surface area (Å²) in [5.41, 5.74) is -3.37. The van der Waals surface area contributed by atoms with Crippen LogP contribution in [0, 0.1) is 0 Å². The SMILES string of the molecule is CN(C)C(=O)CCNCc1ccc(SC(F)(F)F)cc1. The molecule has 0 saturated heterocycles. The van der Waals surface area contributed by atoms with E-state index in [-0.39, 0.29) is 22.6 Å². The van der Waals surface area contributed by atoms with Crippen molar-refractivity contribution < 1.29 is 18.0 Å². The molecule has 0 bridgehead atoms. The zero-order valence-electron chi connectivity index (χ0n) is 11.3. The van der Waals surface area contributed by atoms with Gasteiger partial charge in [0.05, 0.1) is 0 Å². The molecular formula is C13H17F3N2OS. The summed E-state index contributed by atoms with van der Waals surface area (Å²) in [6, 6.07) is 6.18. The van der Waals surface area contributed by atoms with Gasteiger partial charge in [0.25, 0.3) is 0 Å². The van der Waals surface area contributed by atoms with Gasteiger partial charge in [-0.15, -0.1) is 0 Å². The summed E-state index contributed by atoms with van der Waals surface area (Å²) in [6.45, 7) is 1.06. The molecule has 0 aliphatic carbocycles. The van der Waals surface area contributed by atoms with Crippen LogP contribution >= 0.6 is 11.8 Å². The van der Waals surface area contributed by atoms with Gasteiger partial charge in [0.15, 0.2) is 0 Å². The minimum absolute atomic E-state index is 0.0365. The first kappa shape index (κ1) is 16.8. The number of halogens is 3. The first-order chi connectivity index (χ1) is 9.28. The number of rotatable bonds is 6. The number of carbonyl (C=O) groups is 1. The molecule has 1 N–H and O–H groups in total. The molecule has 3 nitrogen and oxygen atoms in total. The Balaban J connectivity index is 2.33. The number of hydrogen-bond donors (Lipinski definition) is 1. The normalized spacial score (nSPS) is 11.4. The highest BCUT2D eigenvalue weighted by Gasteiger charge is 2.28. The van der Waals surface area contributed by atoms with Crippen LogP contribution in [0.1, 0.15) is 12.0 Å². The van der Waals surface area contributed by atoms with Crippen molar-refractivity contribution in [2.75, 3.05) is 20.6 Å². The van der Waals surface area contributed by atoms with Gasteiger partial charge in [0.1, 0.15) is 0 Å². The van der Waals surface area contributed by atoms with Crippen LogP contribution in [0.3, 0.4) is 0 Å². The Hall–Kier alpha value is -1.21. The third-order valence-corrected chi connectivity index (χ3v) is 3.24. The average Bonchev–Trinajstić information content (AvgIpc) is 2.34. The highest BCUT2D eigenvalue weighted by atomic mass is 32.2. The summed E-state index contributed by atoms with van der Waals surface area (Å²) in [5, 5.41) is 3.08. The molecule has 0 heterocycles. The maximum absolute atomic E-state index is 12.1. The second-order valence-corrected chi connectivity index (χ2v) is 5.55. The van der Waals surface area contributed by atoms with Gasteiger partial charge in [-0.25, -0.2) is 0 Å². The maximum Gasteiger partial charge on any atom is 0.446 e. The number of nitrogens with zero attached hydrogens (tertiary/aromatic N) is 1. The summed E-state index contributed by atoms with van der Waals surface area (Å²) < 4.78 is 36.4. The molecular weight excluding hydrogens is 289 g/mol. The van der Waals surface area contributed by atoms with Gasteiger partial charge >= 0.3 is 5.51 Å². The van der Waals surface area contributed by atoms with Crippen molar-refractivity contribution in [1.82, 2.24) is 10.2 Å². The molecule has 0 aromatic heterocycles. The fraction of sp³-hybridized carbons (Fsp3) is 0.462. The quantitative estimate of drug-likeness (QED) is 0.648. The molecule has 0 fully saturated rings. The fourth-order valence-corrected chi connectivity index (χ4v) is 2.00. The topological polar surface area (TPSA) is 32.3 Å². The van der Waals surface area contributed by atoms with E-state index in [1.165, 1.54) is 17.0 Å². The average molecular weight is 306 g/mol. The second-order valence-electron chi connectivity index (χ2n) is 4.41. The lowest BCUT2D eigenvalue weighted by Crippen LogP contribution is -2.26. The number of thioether (sulfide) groups is 1. The van der Waals surface area contributed by atoms with Gasteiger partial charge in [-0.3, -0.25) is 4.79 Å². The molecule has 7 heteroatoms. The lowest BCUT2D eigenvalue weighted by atomic mass is 10.2. The molecule has 1 amide bonds. The van der Waals surface area contributed by atoms with Crippen LogP contribution in [-0.4, -0.2) is 37.0 Å². The summed E-state index contributed by atoms with van der Waals surface area (Å²) in [6.07, 6.45) is 0.398. The van der Waals surface area contributed by atoms with Crippen molar-refractivity contribution in [3.63, 3.8) is 0 Å². The highest BCUT2D eigenvalue weighted by molar-refractivity contribution is 8.00. The van der Waals surface area contributed by atoms with Crippen molar-refractivity contribution in [2.45, 2.75) is 23.4 Å². The summed E-state index contributed by atoms with van der Waals surface area (Å²) in [4.78, 5) is 13.0. The van der Waals surface area contributed by atoms with Gasteiger partial charge in [-0.05, 0) is 29.5 Å². The smallest absolute Gasteiger partial charge is 0.349 e. The number of nitrogens with one attached hydrogen (secondary N) is 1. The van der Waals surface area contributed by atoms with Crippen molar-refractivity contribution in [2.24, 2.45) is 0 Å². The Kier molecular flexibility index (Phi) is 6.35. The zero-order chi connectivity index (χ0) is 15.2. The van der Waals surface area contributed by atoms with Gasteiger partial charge in [0, 0.05) is 38.5 Å². The minimum Gasteiger partial charge on any atom is -0.349 e. The first-order valence-electron chi connectivity index (χ1n) is 6.03. The number of amides is 1. The van der Waals surface area contributed by atoms with Gasteiger partial charge in [0.2, 0.25) is 5.91 Å². The van der Waals surface area contributed by atoms with Crippen LogP contribution in [0.5, 0.6) is 0 Å². The Morgan fingerprint density at radius 1 is 1.25 bits per heavy atom. The molecule has 1 aromatic rings. The van der Waals surface area contributed by atoms with E-state index in [1.54, 1.807) is 26.2 Å². The monoisotopic (exact) mass is 306 g/mol. The molecule has 1 aromatic carbocycles. The molecule has 0 spiro atoms. The Morgan fingerprint density at radius 2 is 1.85 bits per heavy atom. The lowest BCUT2D eigenvalue weighted by molar-refractivity contribution is -0.128. The van der Waals surface area contributed by atoms with Crippen molar-refractivity contribution >= 4 is 17.7 Å². The van der Waals surface area contributed by atoms with Crippen molar-refractivity contribution in [3.05, 3.63) is 29.8 Å². The third-order valence-electron chi connectivity index (χ3n) is 2.50. The summed E-state index contributed by atoms with van der Waals surface area (Å²) >= 11 is -0.126. The zero-order valence-corrected chi connectivity index (χ0v) is 12.1. The summed E-state index contributed by atoms with van der Waals surface area (Å²) in [7, 11) is 3.39. The number of hydrogen-bond acceptors (Lipinski definition) is 3. The van der Waals surface area contributed by atoms with Crippen LogP contribution in [0.4, 0.5) is 13.2 Å². The number of carbonyl (C=O) groups excluding carboxylic acids is 1. The van der Waals surface area contributed by atoms with E-state index in [2.05, 4.69) is 5.32 Å². The van der Waals surface area contributed by atoms with E-state index in [9.17, 15) is 18.0 Å². The molecule has 0 aliphatic heterocycles. The van der Waals surface area contributed by atoms with Crippen LogP contribution in [0.2, 0.25) is 0 Å². The van der Waals surface area contributed by atoms with Crippen LogP contribution in [0.15, 0.2) is 29.2 Å². The van der Waals surface area contributed by atoms with Crippen LogP contribution in [-0.2, 0) is 11.3 Å². The predicted molar refractivity (Wildman–Crippen MR) is 73.4 cm³/mol. The van der Waals surface area contributed by atoms with E-state index in [0.717, 1.165) is 5.56 Å². The summed E-state index contributed by atoms with van der Waals surface area (Å²) in [5.74, 6) is 0.0365. The molecule has 20 heavy (non-hydrogen) atoms. The van der Waals surface area contributed by atoms with E-state index in [0.29, 0.717) is 19.5 Å². The van der Waals surface area contributed by atoms with E-state index in [1.807, 2.05) is 0 Å². The second kappa shape index (κ2) is 7.54. The van der Waals surface area contributed by atoms with Gasteiger partial charge in [-0.1, -0.05) is 12.1 Å². The van der Waals surface area contributed by atoms with Crippen LogP contribution < -0.4 is 5.32 Å². The Labute approximate surface area is 120 Å². The number of alkyl halides is 3. The number of benzene rings is 1. The predicted octanol–water partition coefficient (Wildman–Crippen LogP) is 2.87. The Bertz CT molecular complexity index is 432. The Morgan fingerprint density at radius 3 is 2.35 bits per heavy atom. The minimum atomic E-state index is -4.26. The molecule has 1 rings (SSSR count). The van der Waals surface area contributed by atoms with E-state index in [4.69, 9.17) is 0 Å². The molecule has 0 saturated carbocycles. The molecule has 0 unspecified atom stereocenters. The molecule has 0 atom stereocenters. The fourth-order valence-electron chi connectivity index (χ4n) is 1.46. The van der Waals surface area contributed by atoms with E-state index < -0.39 is 5.51 Å². The lowest BCUT2D eigenvalue weighted by Gasteiger charge is -2.10. The molecule has 0 aliphatic rings. The largest absolute Gasteiger partial charge is 0.446 e. The highest BCUT2D eigenvalue weighted by Crippen LogP contribution is 2.36. The molecule has 112 valence electrons. The third kappa shape index (κ3) is 6.81. The van der Waals surface area contributed by atoms with Crippen molar-refractivity contribution in [1.29, 1.82) is 0 Å². The van der Waals surface area contributed by atoms with Gasteiger partial charge in [-0.2, -0.15) is 13.2 Å². The van der Waals surface area contributed by atoms with Crippen LogP contribution in [0.25, 0.3) is 0 Å².